The molecule has 1 saturated heterocycles. The van der Waals surface area contributed by atoms with E-state index in [0.717, 1.165) is 66.8 Å². The van der Waals surface area contributed by atoms with Crippen LogP contribution in [0, 0.1) is 0 Å². The minimum Gasteiger partial charge on any atom is -0.417 e. The van der Waals surface area contributed by atoms with Crippen molar-refractivity contribution in [3.05, 3.63) is 52.2 Å². The molecule has 1 atom stereocenters. The van der Waals surface area contributed by atoms with E-state index in [2.05, 4.69) is 92.3 Å². The van der Waals surface area contributed by atoms with Crippen molar-refractivity contribution in [2.75, 3.05) is 51.8 Å². The fourth-order valence-corrected chi connectivity index (χ4v) is 8.99. The van der Waals surface area contributed by atoms with Gasteiger partial charge >= 0.3 is 0 Å². The molecule has 1 aliphatic rings. The smallest absolute Gasteiger partial charge is 0.277 e. The Morgan fingerprint density at radius 1 is 0.982 bits per heavy atom. The highest BCUT2D eigenvalue weighted by Crippen LogP contribution is 2.38. The van der Waals surface area contributed by atoms with Crippen LogP contribution in [0.1, 0.15) is 45.0 Å². The van der Waals surface area contributed by atoms with E-state index in [4.69, 9.17) is 29.2 Å². The van der Waals surface area contributed by atoms with Crippen molar-refractivity contribution in [3.63, 3.8) is 0 Å². The van der Waals surface area contributed by atoms with Gasteiger partial charge in [-0.15, -0.1) is 11.3 Å². The molecule has 0 saturated carbocycles. The third-order valence-electron chi connectivity index (χ3n) is 11.1. The summed E-state index contributed by atoms with van der Waals surface area (Å²) in [5.41, 5.74) is 2.00. The molecule has 0 bridgehead atoms. The predicted octanol–water partition coefficient (Wildman–Crippen LogP) is 7.29. The van der Waals surface area contributed by atoms with Gasteiger partial charge in [-0.25, -0.2) is 19.9 Å². The molecule has 0 aromatic carbocycles. The Bertz CT molecular complexity index is 2160. The Morgan fingerprint density at radius 3 is 2.45 bits per heavy atom. The van der Waals surface area contributed by atoms with Gasteiger partial charge in [-0.3, -0.25) is 23.7 Å². The third-order valence-corrected chi connectivity index (χ3v) is 18.3. The standard InChI is InChI=1S/C39H61N11O3SSi2/c1-28(13-19-53-56(10,11)39(2,3)4)50-32-22-34(41-24-30(32)35(45-50)37-42-23-29(54-37)25-48-17-15-46(5)16-18-48)43-33-12-14-40-36(44-33)31-26-49(47(6)38(31)51)27-52-20-21-55(7,8)9/h12,14,22-24,26,28H,13,15-21,25,27H2,1-11H3,(H,40,41,43,44)/t28-/m0/s1. The molecule has 0 spiro atoms. The number of pyridine rings is 1. The largest absolute Gasteiger partial charge is 0.417 e. The summed E-state index contributed by atoms with van der Waals surface area (Å²) in [6.45, 7) is 27.3. The monoisotopic (exact) mass is 819 g/mol. The highest BCUT2D eigenvalue weighted by Gasteiger charge is 2.37. The number of hydrogen-bond acceptors (Lipinski definition) is 12. The Morgan fingerprint density at radius 2 is 1.73 bits per heavy atom. The van der Waals surface area contributed by atoms with Crippen molar-refractivity contribution < 1.29 is 9.16 Å². The maximum absolute atomic E-state index is 13.3. The van der Waals surface area contributed by atoms with Gasteiger partial charge in [-0.1, -0.05) is 40.4 Å². The number of rotatable bonds is 16. The molecule has 5 aromatic heterocycles. The summed E-state index contributed by atoms with van der Waals surface area (Å²) in [5.74, 6) is 1.46. The molecule has 14 nitrogen and oxygen atoms in total. The topological polar surface area (TPSA) is 133 Å². The Hall–Kier alpha value is -3.59. The Labute approximate surface area is 337 Å². The summed E-state index contributed by atoms with van der Waals surface area (Å²) in [6.07, 6.45) is 8.09. The van der Waals surface area contributed by atoms with E-state index < -0.39 is 16.4 Å². The van der Waals surface area contributed by atoms with Gasteiger partial charge in [0.25, 0.3) is 5.56 Å². The van der Waals surface area contributed by atoms with Crippen molar-refractivity contribution in [2.24, 2.45) is 7.05 Å². The molecule has 0 radical (unpaired) electrons. The van der Waals surface area contributed by atoms with Gasteiger partial charge in [-0.2, -0.15) is 5.10 Å². The molecule has 6 heterocycles. The second-order valence-electron chi connectivity index (χ2n) is 17.9. The van der Waals surface area contributed by atoms with Crippen LogP contribution in [0.3, 0.4) is 0 Å². The Kier molecular flexibility index (Phi) is 12.8. The molecule has 1 fully saturated rings. The van der Waals surface area contributed by atoms with E-state index in [9.17, 15) is 4.79 Å². The minimum atomic E-state index is -1.90. The number of likely N-dealkylation sites (N-methyl/N-ethyl adjacent to an activating group) is 1. The van der Waals surface area contributed by atoms with Crippen LogP contribution in [0.4, 0.5) is 11.6 Å². The van der Waals surface area contributed by atoms with Crippen LogP contribution >= 0.6 is 11.3 Å². The normalized spacial score (nSPS) is 15.6. The van der Waals surface area contributed by atoms with Crippen molar-refractivity contribution in [1.29, 1.82) is 0 Å². The van der Waals surface area contributed by atoms with Crippen LogP contribution in [0.15, 0.2) is 41.7 Å². The van der Waals surface area contributed by atoms with Crippen LogP contribution < -0.4 is 10.9 Å². The van der Waals surface area contributed by atoms with Crippen LogP contribution in [0.25, 0.3) is 33.0 Å². The summed E-state index contributed by atoms with van der Waals surface area (Å²) >= 11 is 1.70. The number of aromatic nitrogens is 8. The van der Waals surface area contributed by atoms with E-state index >= 15 is 0 Å². The highest BCUT2D eigenvalue weighted by atomic mass is 32.1. The van der Waals surface area contributed by atoms with Gasteiger partial charge in [0.2, 0.25) is 0 Å². The quantitative estimate of drug-likeness (QED) is 0.0795. The molecule has 0 unspecified atom stereocenters. The molecule has 0 aliphatic carbocycles. The van der Waals surface area contributed by atoms with Gasteiger partial charge in [0, 0.05) is 102 Å². The molecule has 5 aromatic rings. The van der Waals surface area contributed by atoms with Crippen molar-refractivity contribution in [1.82, 2.24) is 48.9 Å². The summed E-state index contributed by atoms with van der Waals surface area (Å²) in [5, 5.41) is 10.5. The van der Waals surface area contributed by atoms with E-state index in [1.54, 1.807) is 41.5 Å². The van der Waals surface area contributed by atoms with Crippen molar-refractivity contribution >= 4 is 50.3 Å². The fraction of sp³-hybridized carbons (Fsp3) is 0.590. The number of hydrogen-bond donors (Lipinski definition) is 1. The average molecular weight is 820 g/mol. The molecular weight excluding hydrogens is 759 g/mol. The lowest BCUT2D eigenvalue weighted by molar-refractivity contribution is 0.0703. The lowest BCUT2D eigenvalue weighted by atomic mass is 10.2. The van der Waals surface area contributed by atoms with E-state index in [-0.39, 0.29) is 23.4 Å². The molecule has 6 rings (SSSR count). The number of thiazole rings is 1. The summed E-state index contributed by atoms with van der Waals surface area (Å²) in [6, 6.07) is 4.91. The highest BCUT2D eigenvalue weighted by molar-refractivity contribution is 7.15. The van der Waals surface area contributed by atoms with E-state index in [0.29, 0.717) is 36.2 Å². The molecule has 17 heteroatoms. The zero-order valence-corrected chi connectivity index (χ0v) is 38.0. The number of nitrogens with one attached hydrogen (secondary N) is 1. The summed E-state index contributed by atoms with van der Waals surface area (Å²) in [7, 11) is 0.792. The number of anilines is 2. The maximum atomic E-state index is 13.3. The van der Waals surface area contributed by atoms with Crippen LogP contribution in [-0.2, 0) is 29.5 Å². The number of piperazine rings is 1. The third kappa shape index (κ3) is 10.1. The van der Waals surface area contributed by atoms with Gasteiger partial charge in [0.15, 0.2) is 14.1 Å². The fourth-order valence-electron chi connectivity index (χ4n) is 6.22. The number of fused-ring (bicyclic) bond motifs is 1. The number of ether oxygens (including phenoxy) is 1. The zero-order chi connectivity index (χ0) is 40.4. The predicted molar refractivity (Wildman–Crippen MR) is 232 cm³/mol. The zero-order valence-electron chi connectivity index (χ0n) is 35.2. The summed E-state index contributed by atoms with van der Waals surface area (Å²) < 4.78 is 17.9. The van der Waals surface area contributed by atoms with Gasteiger partial charge in [-0.05, 0) is 50.6 Å². The van der Waals surface area contributed by atoms with E-state index in [1.165, 1.54) is 9.56 Å². The van der Waals surface area contributed by atoms with Crippen LogP contribution in [0.5, 0.6) is 0 Å². The summed E-state index contributed by atoms with van der Waals surface area (Å²) in [4.78, 5) is 38.3. The average Bonchev–Trinajstić information content (AvgIpc) is 3.82. The Balaban J connectivity index is 1.25. The molecule has 1 N–H and O–H groups in total. The first-order valence-corrected chi connectivity index (χ1v) is 27.1. The molecule has 304 valence electrons. The molecule has 56 heavy (non-hydrogen) atoms. The SMILES string of the molecule is C[C@@H](CCO[Si](C)(C)C(C)(C)C)n1nc(-c2ncc(CN3CCN(C)CC3)s2)c2cnc(Nc3ccnc(-c4cn(COCC[Si](C)(C)C)n(C)c4=O)n3)cc21. The minimum absolute atomic E-state index is 0.0569. The first-order chi connectivity index (χ1) is 26.4. The van der Waals surface area contributed by atoms with Crippen LogP contribution in [-0.4, -0.2) is 112 Å². The molecule has 0 amide bonds. The van der Waals surface area contributed by atoms with Gasteiger partial charge in [0.1, 0.15) is 34.6 Å². The maximum Gasteiger partial charge on any atom is 0.277 e. The lowest BCUT2D eigenvalue weighted by Gasteiger charge is -2.36. The second kappa shape index (κ2) is 17.1. The second-order valence-corrected chi connectivity index (χ2v) is 29.4. The van der Waals surface area contributed by atoms with Crippen molar-refractivity contribution in [3.8, 4) is 22.1 Å². The lowest BCUT2D eigenvalue weighted by Crippen LogP contribution is -2.43. The molecular formula is C39H61N11O3SSi2. The van der Waals surface area contributed by atoms with E-state index in [1.807, 2.05) is 18.5 Å². The van der Waals surface area contributed by atoms with Crippen molar-refractivity contribution in [2.45, 2.75) is 97.3 Å². The first-order valence-electron chi connectivity index (χ1n) is 19.7. The first kappa shape index (κ1) is 42.0. The molecule has 1 aliphatic heterocycles. The number of nitrogens with zero attached hydrogens (tertiary/aromatic N) is 10. The van der Waals surface area contributed by atoms with Gasteiger partial charge in [0.05, 0.1) is 11.6 Å². The van der Waals surface area contributed by atoms with Gasteiger partial charge < -0.3 is 19.4 Å². The van der Waals surface area contributed by atoms with Crippen LogP contribution in [0.2, 0.25) is 43.8 Å².